The molecule has 0 atom stereocenters. The molecule has 0 saturated carbocycles. The number of nitriles is 1. The van der Waals surface area contributed by atoms with Gasteiger partial charge < -0.3 is 10.3 Å². The molecule has 0 unspecified atom stereocenters. The lowest BCUT2D eigenvalue weighted by atomic mass is 10.1. The molecule has 1 aromatic heterocycles. The van der Waals surface area contributed by atoms with Crippen LogP contribution in [0.1, 0.15) is 5.56 Å². The fourth-order valence-corrected chi connectivity index (χ4v) is 1.65. The van der Waals surface area contributed by atoms with Crippen molar-refractivity contribution in [3.05, 3.63) is 34.4 Å². The molecule has 15 heavy (non-hydrogen) atoms. The lowest BCUT2D eigenvalue weighted by molar-refractivity contribution is 0.432. The molecule has 1 aromatic carbocycles. The first-order valence-electron chi connectivity index (χ1n) is 4.12. The van der Waals surface area contributed by atoms with Gasteiger partial charge in [-0.25, -0.2) is 0 Å². The van der Waals surface area contributed by atoms with Crippen molar-refractivity contribution < 1.29 is 4.52 Å². The second kappa shape index (κ2) is 3.75. The molecule has 0 spiro atoms. The minimum absolute atomic E-state index is 0.450. The predicted molar refractivity (Wildman–Crippen MR) is 58.8 cm³/mol. The summed E-state index contributed by atoms with van der Waals surface area (Å²) in [5.41, 5.74) is 7.39. The summed E-state index contributed by atoms with van der Waals surface area (Å²) in [4.78, 5) is 0. The molecule has 0 amide bonds. The van der Waals surface area contributed by atoms with Gasteiger partial charge in [0.1, 0.15) is 5.69 Å². The lowest BCUT2D eigenvalue weighted by Crippen LogP contribution is -1.86. The van der Waals surface area contributed by atoms with Crippen LogP contribution in [-0.2, 0) is 0 Å². The molecule has 0 fully saturated rings. The van der Waals surface area contributed by atoms with Crippen LogP contribution in [0.2, 0.25) is 0 Å². The maximum absolute atomic E-state index is 8.78. The number of hydrogen-bond acceptors (Lipinski definition) is 4. The van der Waals surface area contributed by atoms with Gasteiger partial charge in [0.15, 0.2) is 5.76 Å². The summed E-state index contributed by atoms with van der Waals surface area (Å²) in [7, 11) is 0. The summed E-state index contributed by atoms with van der Waals surface area (Å²) in [5.74, 6) is 0.471. The summed E-state index contributed by atoms with van der Waals surface area (Å²) in [6, 6.07) is 7.23. The minimum Gasteiger partial charge on any atom is -0.394 e. The van der Waals surface area contributed by atoms with Crippen molar-refractivity contribution in [2.45, 2.75) is 0 Å². The van der Waals surface area contributed by atoms with Crippen LogP contribution in [0.3, 0.4) is 0 Å². The van der Waals surface area contributed by atoms with E-state index in [0.717, 1.165) is 10.0 Å². The van der Waals surface area contributed by atoms with E-state index in [-0.39, 0.29) is 0 Å². The van der Waals surface area contributed by atoms with Crippen LogP contribution in [0.4, 0.5) is 5.69 Å². The van der Waals surface area contributed by atoms with Gasteiger partial charge in [-0.05, 0) is 18.2 Å². The molecule has 0 bridgehead atoms. The van der Waals surface area contributed by atoms with Crippen molar-refractivity contribution in [1.29, 1.82) is 5.26 Å². The van der Waals surface area contributed by atoms with E-state index in [1.165, 1.54) is 6.20 Å². The zero-order valence-corrected chi connectivity index (χ0v) is 9.15. The van der Waals surface area contributed by atoms with Crippen molar-refractivity contribution in [2.24, 2.45) is 0 Å². The van der Waals surface area contributed by atoms with Gasteiger partial charge in [0, 0.05) is 10.0 Å². The van der Waals surface area contributed by atoms with Crippen LogP contribution in [0, 0.1) is 11.3 Å². The Morgan fingerprint density at radius 2 is 2.27 bits per heavy atom. The summed E-state index contributed by atoms with van der Waals surface area (Å²) in [6.07, 6.45) is 1.43. The number of halogens is 1. The monoisotopic (exact) mass is 263 g/mol. The first-order chi connectivity index (χ1) is 7.22. The fraction of sp³-hybridized carbons (Fsp3) is 0. The smallest absolute Gasteiger partial charge is 0.190 e. The topological polar surface area (TPSA) is 75.8 Å². The number of anilines is 1. The number of rotatable bonds is 1. The average molecular weight is 264 g/mol. The van der Waals surface area contributed by atoms with Gasteiger partial charge in [-0.1, -0.05) is 21.1 Å². The largest absolute Gasteiger partial charge is 0.394 e. The van der Waals surface area contributed by atoms with Gasteiger partial charge in [-0.2, -0.15) is 5.26 Å². The lowest BCUT2D eigenvalue weighted by Gasteiger charge is -2.01. The molecule has 0 radical (unpaired) electrons. The summed E-state index contributed by atoms with van der Waals surface area (Å²) >= 11 is 3.36. The number of nitrogen functional groups attached to an aromatic ring is 1. The van der Waals surface area contributed by atoms with E-state index in [9.17, 15) is 0 Å². The standard InChI is InChI=1S/C10H6BrN3O/c11-8-2-1-6(4-12)3-7(8)10-9(13)5-14-15-10/h1-3,5H,13H2. The molecular weight excluding hydrogens is 258 g/mol. The predicted octanol–water partition coefficient (Wildman–Crippen LogP) is 2.56. The van der Waals surface area contributed by atoms with Gasteiger partial charge in [-0.3, -0.25) is 0 Å². The highest BCUT2D eigenvalue weighted by Gasteiger charge is 2.12. The Hall–Kier alpha value is -1.80. The molecule has 2 aromatic rings. The van der Waals surface area contributed by atoms with Gasteiger partial charge in [0.25, 0.3) is 0 Å². The van der Waals surface area contributed by atoms with Crippen molar-refractivity contribution >= 4 is 21.6 Å². The maximum Gasteiger partial charge on any atom is 0.190 e. The molecule has 5 heteroatoms. The average Bonchev–Trinajstić information content (AvgIpc) is 2.65. The van der Waals surface area contributed by atoms with Crippen LogP contribution < -0.4 is 5.73 Å². The number of benzene rings is 1. The van der Waals surface area contributed by atoms with Crippen LogP contribution in [0.5, 0.6) is 0 Å². The zero-order valence-electron chi connectivity index (χ0n) is 7.57. The number of aromatic nitrogens is 1. The minimum atomic E-state index is 0.450. The van der Waals surface area contributed by atoms with Gasteiger partial charge in [0.2, 0.25) is 0 Å². The molecule has 0 saturated heterocycles. The summed E-state index contributed by atoms with van der Waals surface area (Å²) in [6.45, 7) is 0. The van der Waals surface area contributed by atoms with Crippen LogP contribution >= 0.6 is 15.9 Å². The van der Waals surface area contributed by atoms with E-state index in [1.54, 1.807) is 18.2 Å². The Kier molecular flexibility index (Phi) is 2.44. The van der Waals surface area contributed by atoms with E-state index in [2.05, 4.69) is 27.2 Å². The van der Waals surface area contributed by atoms with Crippen LogP contribution in [0.25, 0.3) is 11.3 Å². The van der Waals surface area contributed by atoms with E-state index in [0.29, 0.717) is 17.0 Å². The highest BCUT2D eigenvalue weighted by molar-refractivity contribution is 9.10. The van der Waals surface area contributed by atoms with E-state index >= 15 is 0 Å². The van der Waals surface area contributed by atoms with E-state index < -0.39 is 0 Å². The first kappa shape index (κ1) is 9.74. The highest BCUT2D eigenvalue weighted by Crippen LogP contribution is 2.32. The molecule has 0 aliphatic carbocycles. The Morgan fingerprint density at radius 1 is 1.47 bits per heavy atom. The summed E-state index contributed by atoms with van der Waals surface area (Å²) in [5, 5.41) is 12.4. The van der Waals surface area contributed by atoms with Gasteiger partial charge in [-0.15, -0.1) is 0 Å². The number of nitrogens with two attached hydrogens (primary N) is 1. The van der Waals surface area contributed by atoms with Crippen LogP contribution in [-0.4, -0.2) is 5.16 Å². The molecule has 0 aliphatic rings. The maximum atomic E-state index is 8.78. The normalized spacial score (nSPS) is 9.87. The summed E-state index contributed by atoms with van der Waals surface area (Å²) < 4.78 is 5.83. The van der Waals surface area contributed by atoms with Crippen molar-refractivity contribution in [1.82, 2.24) is 5.16 Å². The quantitative estimate of drug-likeness (QED) is 0.858. The highest BCUT2D eigenvalue weighted by atomic mass is 79.9. The Labute approximate surface area is 94.4 Å². The van der Waals surface area contributed by atoms with E-state index in [4.69, 9.17) is 15.5 Å². The van der Waals surface area contributed by atoms with Crippen molar-refractivity contribution in [3.8, 4) is 17.4 Å². The molecule has 2 rings (SSSR count). The molecule has 1 heterocycles. The number of nitrogens with zero attached hydrogens (tertiary/aromatic N) is 2. The zero-order chi connectivity index (χ0) is 10.8. The Morgan fingerprint density at radius 3 is 2.87 bits per heavy atom. The second-order valence-electron chi connectivity index (χ2n) is 2.92. The second-order valence-corrected chi connectivity index (χ2v) is 3.77. The molecular formula is C10H6BrN3O. The molecule has 2 N–H and O–H groups in total. The Bertz CT molecular complexity index is 542. The van der Waals surface area contributed by atoms with Crippen molar-refractivity contribution in [3.63, 3.8) is 0 Å². The van der Waals surface area contributed by atoms with Gasteiger partial charge >= 0.3 is 0 Å². The molecule has 4 nitrogen and oxygen atoms in total. The van der Waals surface area contributed by atoms with Crippen LogP contribution in [0.15, 0.2) is 33.4 Å². The third-order valence-corrected chi connectivity index (χ3v) is 2.63. The fourth-order valence-electron chi connectivity index (χ4n) is 1.22. The van der Waals surface area contributed by atoms with Gasteiger partial charge in [0.05, 0.1) is 17.8 Å². The van der Waals surface area contributed by atoms with Crippen molar-refractivity contribution in [2.75, 3.05) is 5.73 Å². The van der Waals surface area contributed by atoms with E-state index in [1.807, 2.05) is 0 Å². The Balaban J connectivity index is 2.63. The molecule has 74 valence electrons. The SMILES string of the molecule is N#Cc1ccc(Br)c(-c2oncc2N)c1. The molecule has 0 aliphatic heterocycles. The number of hydrogen-bond donors (Lipinski definition) is 1. The first-order valence-corrected chi connectivity index (χ1v) is 4.92. The third-order valence-electron chi connectivity index (χ3n) is 1.94. The third kappa shape index (κ3) is 1.72.